The van der Waals surface area contributed by atoms with E-state index in [2.05, 4.69) is 0 Å². The topological polar surface area (TPSA) is 54.4 Å². The van der Waals surface area contributed by atoms with E-state index < -0.39 is 11.6 Å². The van der Waals surface area contributed by atoms with E-state index in [0.29, 0.717) is 11.1 Å². The molecule has 0 saturated carbocycles. The summed E-state index contributed by atoms with van der Waals surface area (Å²) in [5, 5.41) is 9.11. The maximum absolute atomic E-state index is 11.2. The molecule has 0 saturated heterocycles. The smallest absolute Gasteiger partial charge is 0.233 e. The van der Waals surface area contributed by atoms with Crippen LogP contribution in [0.15, 0.2) is 24.3 Å². The molecular formula is C10H6O3. The van der Waals surface area contributed by atoms with Crippen molar-refractivity contribution >= 4 is 17.6 Å². The Bertz CT molecular complexity index is 430. The largest absolute Gasteiger partial charge is 0.508 e. The molecule has 0 aliphatic heterocycles. The van der Waals surface area contributed by atoms with E-state index in [1.807, 2.05) is 0 Å². The monoisotopic (exact) mass is 174 g/mol. The van der Waals surface area contributed by atoms with Crippen LogP contribution >= 0.6 is 0 Å². The number of carbonyl (C=O) groups is 2. The first-order chi connectivity index (χ1) is 6.18. The van der Waals surface area contributed by atoms with E-state index in [-0.39, 0.29) is 5.75 Å². The third-order valence-electron chi connectivity index (χ3n) is 1.92. The van der Waals surface area contributed by atoms with E-state index in [4.69, 9.17) is 5.11 Å². The highest BCUT2D eigenvalue weighted by Gasteiger charge is 2.20. The Labute approximate surface area is 74.3 Å². The molecule has 0 atom stereocenters. The lowest BCUT2D eigenvalue weighted by Crippen LogP contribution is -2.15. The summed E-state index contributed by atoms with van der Waals surface area (Å²) < 4.78 is 0. The van der Waals surface area contributed by atoms with Crippen molar-refractivity contribution in [3.63, 3.8) is 0 Å². The zero-order chi connectivity index (χ0) is 9.42. The molecule has 0 fully saturated rings. The van der Waals surface area contributed by atoms with E-state index in [9.17, 15) is 9.59 Å². The lowest BCUT2D eigenvalue weighted by atomic mass is 9.95. The van der Waals surface area contributed by atoms with Crippen molar-refractivity contribution in [1.82, 2.24) is 0 Å². The average Bonchev–Trinajstić information content (AvgIpc) is 2.12. The van der Waals surface area contributed by atoms with Gasteiger partial charge in [-0.25, -0.2) is 0 Å². The molecule has 1 N–H and O–H groups in total. The van der Waals surface area contributed by atoms with Gasteiger partial charge in [-0.2, -0.15) is 0 Å². The second-order valence-corrected chi connectivity index (χ2v) is 2.80. The van der Waals surface area contributed by atoms with Crippen molar-refractivity contribution in [1.29, 1.82) is 0 Å². The molecule has 0 amide bonds. The van der Waals surface area contributed by atoms with Crippen LogP contribution in [-0.4, -0.2) is 16.7 Å². The van der Waals surface area contributed by atoms with Crippen LogP contribution in [0, 0.1) is 0 Å². The summed E-state index contributed by atoms with van der Waals surface area (Å²) in [4.78, 5) is 22.2. The number of allylic oxidation sites excluding steroid dienone is 1. The van der Waals surface area contributed by atoms with Gasteiger partial charge in [-0.15, -0.1) is 0 Å². The Morgan fingerprint density at radius 3 is 2.62 bits per heavy atom. The molecule has 0 heterocycles. The molecule has 0 spiro atoms. The molecule has 13 heavy (non-hydrogen) atoms. The minimum Gasteiger partial charge on any atom is -0.508 e. The molecule has 0 radical (unpaired) electrons. The van der Waals surface area contributed by atoms with Crippen LogP contribution in [0.1, 0.15) is 15.9 Å². The van der Waals surface area contributed by atoms with Crippen molar-refractivity contribution in [3.05, 3.63) is 35.4 Å². The summed E-state index contributed by atoms with van der Waals surface area (Å²) in [6, 6.07) is 4.30. The number of hydrogen-bond donors (Lipinski definition) is 1. The normalized spacial score (nSPS) is 14.5. The van der Waals surface area contributed by atoms with E-state index in [0.717, 1.165) is 0 Å². The molecule has 3 heteroatoms. The van der Waals surface area contributed by atoms with Crippen molar-refractivity contribution in [3.8, 4) is 5.75 Å². The van der Waals surface area contributed by atoms with Crippen molar-refractivity contribution in [2.75, 3.05) is 0 Å². The highest BCUT2D eigenvalue weighted by Crippen LogP contribution is 2.21. The number of benzene rings is 1. The van der Waals surface area contributed by atoms with Crippen LogP contribution in [0.5, 0.6) is 5.75 Å². The van der Waals surface area contributed by atoms with Crippen LogP contribution in [0.2, 0.25) is 0 Å². The predicted octanol–water partition coefficient (Wildman–Crippen LogP) is 1.17. The highest BCUT2D eigenvalue weighted by atomic mass is 16.3. The number of hydrogen-bond acceptors (Lipinski definition) is 3. The SMILES string of the molecule is O=C1C=Cc2cc(O)ccc2C1=O. The number of phenols is 1. The number of Topliss-reactive ketones (excluding diaryl/α,β-unsaturated/α-hetero) is 1. The van der Waals surface area contributed by atoms with Crippen LogP contribution in [0.4, 0.5) is 0 Å². The first-order valence-corrected chi connectivity index (χ1v) is 3.78. The van der Waals surface area contributed by atoms with Crippen LogP contribution < -0.4 is 0 Å². The first-order valence-electron chi connectivity index (χ1n) is 3.78. The molecule has 1 aliphatic rings. The molecule has 1 aromatic carbocycles. The summed E-state index contributed by atoms with van der Waals surface area (Å²) in [6.45, 7) is 0. The van der Waals surface area contributed by atoms with Gasteiger partial charge in [0.15, 0.2) is 0 Å². The highest BCUT2D eigenvalue weighted by molar-refractivity contribution is 6.49. The number of phenolic OH excluding ortho intramolecular Hbond substituents is 1. The Hall–Kier alpha value is -1.90. The summed E-state index contributed by atoms with van der Waals surface area (Å²) in [6.07, 6.45) is 2.74. The molecule has 0 aromatic heterocycles. The van der Waals surface area contributed by atoms with Gasteiger partial charge in [0.25, 0.3) is 0 Å². The Morgan fingerprint density at radius 1 is 1.08 bits per heavy atom. The second-order valence-electron chi connectivity index (χ2n) is 2.80. The third-order valence-corrected chi connectivity index (χ3v) is 1.92. The van der Waals surface area contributed by atoms with E-state index in [1.165, 1.54) is 30.4 Å². The number of ketones is 2. The number of fused-ring (bicyclic) bond motifs is 1. The quantitative estimate of drug-likeness (QED) is 0.600. The molecule has 0 unspecified atom stereocenters. The average molecular weight is 174 g/mol. The molecule has 1 aromatic rings. The standard InChI is InChI=1S/C10H6O3/c11-7-2-3-8-6(5-7)1-4-9(12)10(8)13/h1-5,11H. The van der Waals surface area contributed by atoms with E-state index >= 15 is 0 Å². The van der Waals surface area contributed by atoms with Gasteiger partial charge in [0, 0.05) is 5.56 Å². The summed E-state index contributed by atoms with van der Waals surface area (Å²) in [5.74, 6) is -0.943. The summed E-state index contributed by atoms with van der Waals surface area (Å²) in [7, 11) is 0. The lowest BCUT2D eigenvalue weighted by Gasteiger charge is -2.07. The van der Waals surface area contributed by atoms with Crippen molar-refractivity contribution in [2.24, 2.45) is 0 Å². The third kappa shape index (κ3) is 1.14. The lowest BCUT2D eigenvalue weighted by molar-refractivity contribution is -0.110. The fourth-order valence-electron chi connectivity index (χ4n) is 1.27. The van der Waals surface area contributed by atoms with Crippen LogP contribution in [0.3, 0.4) is 0 Å². The van der Waals surface area contributed by atoms with Gasteiger partial charge >= 0.3 is 0 Å². The number of carbonyl (C=O) groups excluding carboxylic acids is 2. The zero-order valence-electron chi connectivity index (χ0n) is 6.65. The van der Waals surface area contributed by atoms with Gasteiger partial charge < -0.3 is 5.11 Å². The molecule has 3 nitrogen and oxygen atoms in total. The molecule has 1 aliphatic carbocycles. The summed E-state index contributed by atoms with van der Waals surface area (Å²) >= 11 is 0. The zero-order valence-corrected chi connectivity index (χ0v) is 6.65. The molecular weight excluding hydrogens is 168 g/mol. The van der Waals surface area contributed by atoms with Crippen LogP contribution in [0.25, 0.3) is 6.08 Å². The van der Waals surface area contributed by atoms with Gasteiger partial charge in [-0.05, 0) is 29.8 Å². The van der Waals surface area contributed by atoms with Gasteiger partial charge in [-0.3, -0.25) is 9.59 Å². The number of aromatic hydroxyl groups is 1. The molecule has 2 rings (SSSR count). The Balaban J connectivity index is 2.66. The van der Waals surface area contributed by atoms with Gasteiger partial charge in [0.2, 0.25) is 11.6 Å². The maximum Gasteiger partial charge on any atom is 0.233 e. The van der Waals surface area contributed by atoms with Gasteiger partial charge in [-0.1, -0.05) is 6.08 Å². The fraction of sp³-hybridized carbons (Fsp3) is 0. The van der Waals surface area contributed by atoms with Crippen LogP contribution in [-0.2, 0) is 4.79 Å². The minimum absolute atomic E-state index is 0.0885. The molecule has 0 bridgehead atoms. The van der Waals surface area contributed by atoms with Gasteiger partial charge in [0.05, 0.1) is 0 Å². The Kier molecular flexibility index (Phi) is 1.52. The second kappa shape index (κ2) is 2.55. The number of rotatable bonds is 0. The first kappa shape index (κ1) is 7.73. The molecule has 64 valence electrons. The fourth-order valence-corrected chi connectivity index (χ4v) is 1.27. The van der Waals surface area contributed by atoms with E-state index in [1.54, 1.807) is 0 Å². The van der Waals surface area contributed by atoms with Crippen molar-refractivity contribution < 1.29 is 14.7 Å². The van der Waals surface area contributed by atoms with Crippen molar-refractivity contribution in [2.45, 2.75) is 0 Å². The Morgan fingerprint density at radius 2 is 1.85 bits per heavy atom. The predicted molar refractivity (Wildman–Crippen MR) is 46.5 cm³/mol. The van der Waals surface area contributed by atoms with Gasteiger partial charge in [0.1, 0.15) is 5.75 Å². The summed E-state index contributed by atoms with van der Waals surface area (Å²) in [5.41, 5.74) is 0.940. The minimum atomic E-state index is -0.516. The maximum atomic E-state index is 11.2.